The van der Waals surface area contributed by atoms with E-state index in [-0.39, 0.29) is 53.9 Å². The molecule has 128 valence electrons. The van der Waals surface area contributed by atoms with E-state index >= 15 is 0 Å². The SMILES string of the molecule is CC1(C)O[C@H]2[C@@H]3NC(=O)c4c(cc5c(c4O)OCO5)[C@H]3CC[C@H]2O1. The predicted molar refractivity (Wildman–Crippen MR) is 81.3 cm³/mol. The van der Waals surface area contributed by atoms with E-state index in [0.29, 0.717) is 5.75 Å². The number of ether oxygens (including phenoxy) is 4. The van der Waals surface area contributed by atoms with E-state index in [9.17, 15) is 9.90 Å². The Hall–Kier alpha value is -1.99. The van der Waals surface area contributed by atoms with E-state index in [2.05, 4.69) is 5.32 Å². The standard InChI is InChI=1S/C17H19NO6/c1-17(2)23-9-4-3-7-8-5-10-15(22-6-21-10)13(19)11(8)16(20)18-12(7)14(9)24-17/h5,7,9,12,14,19H,3-4,6H2,1-2H3,(H,18,20)/t7-,9-,12-,14-/m1/s1. The minimum absolute atomic E-state index is 0.0225. The lowest BCUT2D eigenvalue weighted by molar-refractivity contribution is -0.147. The Kier molecular flexibility index (Phi) is 2.72. The topological polar surface area (TPSA) is 86.3 Å². The number of carbonyl (C=O) groups excluding carboxylic acids is 1. The van der Waals surface area contributed by atoms with Crippen molar-refractivity contribution in [3.63, 3.8) is 0 Å². The van der Waals surface area contributed by atoms with E-state index < -0.39 is 5.79 Å². The molecule has 7 nitrogen and oxygen atoms in total. The van der Waals surface area contributed by atoms with E-state index in [1.54, 1.807) is 0 Å². The van der Waals surface area contributed by atoms with Crippen molar-refractivity contribution in [3.8, 4) is 17.2 Å². The van der Waals surface area contributed by atoms with Gasteiger partial charge in [0.15, 0.2) is 17.3 Å². The molecule has 2 N–H and O–H groups in total. The predicted octanol–water partition coefficient (Wildman–Crippen LogP) is 1.63. The number of aromatic hydroxyl groups is 1. The van der Waals surface area contributed by atoms with Gasteiger partial charge < -0.3 is 29.4 Å². The summed E-state index contributed by atoms with van der Waals surface area (Å²) in [5, 5.41) is 13.5. The van der Waals surface area contributed by atoms with Crippen LogP contribution in [-0.4, -0.2) is 41.8 Å². The van der Waals surface area contributed by atoms with Crippen LogP contribution in [0.5, 0.6) is 17.2 Å². The summed E-state index contributed by atoms with van der Waals surface area (Å²) < 4.78 is 22.7. The van der Waals surface area contributed by atoms with Gasteiger partial charge in [-0.2, -0.15) is 0 Å². The second kappa shape index (κ2) is 4.55. The van der Waals surface area contributed by atoms with Crippen molar-refractivity contribution in [2.45, 2.75) is 56.6 Å². The zero-order valence-corrected chi connectivity index (χ0v) is 13.5. The van der Waals surface area contributed by atoms with Crippen molar-refractivity contribution >= 4 is 5.91 Å². The molecule has 0 spiro atoms. The molecule has 0 bridgehead atoms. The summed E-state index contributed by atoms with van der Waals surface area (Å²) in [7, 11) is 0. The van der Waals surface area contributed by atoms with Gasteiger partial charge in [0.25, 0.3) is 5.91 Å². The van der Waals surface area contributed by atoms with Crippen LogP contribution in [0.1, 0.15) is 48.5 Å². The van der Waals surface area contributed by atoms with Gasteiger partial charge in [0.1, 0.15) is 6.10 Å². The van der Waals surface area contributed by atoms with Crippen LogP contribution in [0, 0.1) is 0 Å². The largest absolute Gasteiger partial charge is 0.504 e. The molecule has 1 amide bonds. The molecule has 4 aliphatic rings. The molecule has 1 aliphatic carbocycles. The van der Waals surface area contributed by atoms with Gasteiger partial charge in [-0.3, -0.25) is 4.79 Å². The fourth-order valence-electron chi connectivity index (χ4n) is 4.47. The molecule has 4 atom stereocenters. The van der Waals surface area contributed by atoms with Crippen LogP contribution in [0.15, 0.2) is 6.07 Å². The Morgan fingerprint density at radius 2 is 2.08 bits per heavy atom. The fourth-order valence-corrected chi connectivity index (χ4v) is 4.47. The monoisotopic (exact) mass is 333 g/mol. The molecule has 1 saturated carbocycles. The van der Waals surface area contributed by atoms with Crippen LogP contribution in [-0.2, 0) is 9.47 Å². The fraction of sp³-hybridized carbons (Fsp3) is 0.588. The van der Waals surface area contributed by atoms with E-state index in [1.807, 2.05) is 19.9 Å². The molecule has 24 heavy (non-hydrogen) atoms. The van der Waals surface area contributed by atoms with Gasteiger partial charge >= 0.3 is 0 Å². The summed E-state index contributed by atoms with van der Waals surface area (Å²) in [5.41, 5.74) is 1.09. The maximum atomic E-state index is 12.6. The van der Waals surface area contributed by atoms with Crippen molar-refractivity contribution in [2.24, 2.45) is 0 Å². The number of amides is 1. The van der Waals surface area contributed by atoms with Crippen LogP contribution < -0.4 is 14.8 Å². The molecule has 5 rings (SSSR count). The minimum atomic E-state index is -0.647. The summed E-state index contributed by atoms with van der Waals surface area (Å²) >= 11 is 0. The Labute approximate surface area is 138 Å². The van der Waals surface area contributed by atoms with Crippen LogP contribution in [0.25, 0.3) is 0 Å². The molecular weight excluding hydrogens is 314 g/mol. The molecule has 0 unspecified atom stereocenters. The lowest BCUT2D eigenvalue weighted by Crippen LogP contribution is -2.56. The number of nitrogens with one attached hydrogen (secondary N) is 1. The Bertz CT molecular complexity index is 745. The van der Waals surface area contributed by atoms with Crippen LogP contribution >= 0.6 is 0 Å². The smallest absolute Gasteiger partial charge is 0.255 e. The first-order valence-electron chi connectivity index (χ1n) is 8.26. The van der Waals surface area contributed by atoms with Gasteiger partial charge in [-0.1, -0.05) is 0 Å². The van der Waals surface area contributed by atoms with Crippen LogP contribution in [0.2, 0.25) is 0 Å². The average Bonchev–Trinajstić information content (AvgIpc) is 3.10. The molecule has 0 aromatic heterocycles. The maximum Gasteiger partial charge on any atom is 0.255 e. The van der Waals surface area contributed by atoms with E-state index in [1.165, 1.54) is 0 Å². The molecule has 2 fully saturated rings. The molecule has 0 radical (unpaired) electrons. The number of phenols is 1. The quantitative estimate of drug-likeness (QED) is 0.750. The second-order valence-electron chi connectivity index (χ2n) is 7.24. The maximum absolute atomic E-state index is 12.6. The highest BCUT2D eigenvalue weighted by Crippen LogP contribution is 2.51. The van der Waals surface area contributed by atoms with Gasteiger partial charge in [-0.25, -0.2) is 0 Å². The van der Waals surface area contributed by atoms with Crippen LogP contribution in [0.3, 0.4) is 0 Å². The first-order valence-corrected chi connectivity index (χ1v) is 8.26. The third-order valence-corrected chi connectivity index (χ3v) is 5.36. The number of carbonyl (C=O) groups is 1. The van der Waals surface area contributed by atoms with Gasteiger partial charge in [-0.05, 0) is 38.3 Å². The van der Waals surface area contributed by atoms with Crippen molar-refractivity contribution in [2.75, 3.05) is 6.79 Å². The Balaban J connectivity index is 1.60. The molecular formula is C17H19NO6. The third kappa shape index (κ3) is 1.82. The summed E-state index contributed by atoms with van der Waals surface area (Å²) in [6, 6.07) is 1.65. The zero-order chi connectivity index (χ0) is 16.6. The van der Waals surface area contributed by atoms with Crippen molar-refractivity contribution in [3.05, 3.63) is 17.2 Å². The molecule has 1 aromatic carbocycles. The van der Waals surface area contributed by atoms with Crippen LogP contribution in [0.4, 0.5) is 0 Å². The summed E-state index contributed by atoms with van der Waals surface area (Å²) in [5.74, 6) is -0.301. The van der Waals surface area contributed by atoms with Crippen molar-refractivity contribution in [1.29, 1.82) is 0 Å². The summed E-state index contributed by atoms with van der Waals surface area (Å²) in [6.07, 6.45) is 1.48. The van der Waals surface area contributed by atoms with Gasteiger partial charge in [0.05, 0.1) is 17.7 Å². The van der Waals surface area contributed by atoms with Crippen molar-refractivity contribution in [1.82, 2.24) is 5.32 Å². The van der Waals surface area contributed by atoms with Crippen molar-refractivity contribution < 1.29 is 28.8 Å². The first-order chi connectivity index (χ1) is 11.4. The molecule has 3 heterocycles. The number of benzene rings is 1. The summed E-state index contributed by atoms with van der Waals surface area (Å²) in [6.45, 7) is 3.84. The highest BCUT2D eigenvalue weighted by molar-refractivity contribution is 6.01. The zero-order valence-electron chi connectivity index (χ0n) is 13.5. The Morgan fingerprint density at radius 3 is 2.92 bits per heavy atom. The first kappa shape index (κ1) is 14.4. The number of hydrogen-bond donors (Lipinski definition) is 2. The minimum Gasteiger partial charge on any atom is -0.504 e. The lowest BCUT2D eigenvalue weighted by Gasteiger charge is -2.42. The summed E-state index contributed by atoms with van der Waals surface area (Å²) in [4.78, 5) is 12.6. The number of rotatable bonds is 0. The Morgan fingerprint density at radius 1 is 1.25 bits per heavy atom. The van der Waals surface area contributed by atoms with Gasteiger partial charge in [0.2, 0.25) is 12.5 Å². The highest BCUT2D eigenvalue weighted by Gasteiger charge is 2.53. The molecule has 1 aromatic rings. The third-order valence-electron chi connectivity index (χ3n) is 5.36. The lowest BCUT2D eigenvalue weighted by atomic mass is 9.73. The second-order valence-corrected chi connectivity index (χ2v) is 7.24. The molecule has 1 saturated heterocycles. The normalized spacial score (nSPS) is 35.0. The van der Waals surface area contributed by atoms with E-state index in [0.717, 1.165) is 18.4 Å². The van der Waals surface area contributed by atoms with Gasteiger partial charge in [0, 0.05) is 5.92 Å². The number of phenolic OH excluding ortho intramolecular Hbond substituents is 1. The van der Waals surface area contributed by atoms with E-state index in [4.69, 9.17) is 18.9 Å². The molecule has 7 heteroatoms. The number of hydrogen-bond acceptors (Lipinski definition) is 6. The number of fused-ring (bicyclic) bond motifs is 6. The average molecular weight is 333 g/mol. The molecule has 3 aliphatic heterocycles. The van der Waals surface area contributed by atoms with Gasteiger partial charge in [-0.15, -0.1) is 0 Å². The highest BCUT2D eigenvalue weighted by atomic mass is 16.8.